The molecule has 4 heteroatoms. The number of rotatable bonds is 2. The molecule has 0 aliphatic carbocycles. The molecular weight excluding hydrogens is 280 g/mol. The van der Waals surface area contributed by atoms with Gasteiger partial charge in [0.05, 0.1) is 6.54 Å². The quantitative estimate of drug-likeness (QED) is 0.837. The molecule has 1 saturated heterocycles. The molecule has 0 spiro atoms. The van der Waals surface area contributed by atoms with Crippen molar-refractivity contribution >= 4 is 27.5 Å². The van der Waals surface area contributed by atoms with Crippen LogP contribution in [0.25, 0.3) is 0 Å². The molecule has 1 aliphatic rings. The Kier molecular flexibility index (Phi) is 3.72. The zero-order valence-electron chi connectivity index (χ0n) is 10.2. The van der Waals surface area contributed by atoms with Gasteiger partial charge in [-0.3, -0.25) is 4.79 Å². The molecule has 0 aromatic heterocycles. The van der Waals surface area contributed by atoms with Gasteiger partial charge in [0.1, 0.15) is 0 Å². The largest absolute Gasteiger partial charge is 0.360 e. The number of benzene rings is 1. The Bertz CT molecular complexity index is 433. The zero-order valence-corrected chi connectivity index (χ0v) is 11.8. The van der Waals surface area contributed by atoms with Crippen LogP contribution in [0.1, 0.15) is 12.5 Å². The van der Waals surface area contributed by atoms with E-state index in [1.807, 2.05) is 17.9 Å². The number of anilines is 1. The van der Waals surface area contributed by atoms with Gasteiger partial charge in [-0.25, -0.2) is 0 Å². The lowest BCUT2D eigenvalue weighted by Crippen LogP contribution is -2.50. The number of hydrogen-bond donors (Lipinski definition) is 0. The van der Waals surface area contributed by atoms with E-state index in [2.05, 4.69) is 39.9 Å². The summed E-state index contributed by atoms with van der Waals surface area (Å²) in [4.78, 5) is 15.9. The number of amides is 1. The van der Waals surface area contributed by atoms with Crippen molar-refractivity contribution in [2.75, 3.05) is 31.1 Å². The van der Waals surface area contributed by atoms with Crippen LogP contribution in [0.2, 0.25) is 0 Å². The number of nitrogens with zero attached hydrogens (tertiary/aromatic N) is 2. The zero-order chi connectivity index (χ0) is 12.4. The van der Waals surface area contributed by atoms with E-state index in [0.29, 0.717) is 6.54 Å². The number of halogens is 1. The fourth-order valence-corrected chi connectivity index (χ4v) is 2.70. The topological polar surface area (TPSA) is 23.6 Å². The second-order valence-corrected chi connectivity index (χ2v) is 5.24. The smallest absolute Gasteiger partial charge is 0.242 e. The highest BCUT2D eigenvalue weighted by molar-refractivity contribution is 9.10. The molecule has 0 radical (unpaired) electrons. The summed E-state index contributed by atoms with van der Waals surface area (Å²) in [5, 5.41) is 0. The minimum Gasteiger partial charge on any atom is -0.360 e. The van der Waals surface area contributed by atoms with Gasteiger partial charge in [0, 0.05) is 29.8 Å². The summed E-state index contributed by atoms with van der Waals surface area (Å²) in [6.07, 6.45) is 0. The SMILES string of the molecule is CCN1CCN(c2ccc(Br)cc2C)CC1=O. The Morgan fingerprint density at radius 3 is 2.71 bits per heavy atom. The van der Waals surface area contributed by atoms with Crippen LogP contribution in [-0.2, 0) is 4.79 Å². The van der Waals surface area contributed by atoms with Gasteiger partial charge in [-0.1, -0.05) is 15.9 Å². The van der Waals surface area contributed by atoms with Crippen molar-refractivity contribution < 1.29 is 4.79 Å². The number of hydrogen-bond acceptors (Lipinski definition) is 2. The Hall–Kier alpha value is -1.03. The summed E-state index contributed by atoms with van der Waals surface area (Å²) in [6, 6.07) is 6.19. The lowest BCUT2D eigenvalue weighted by molar-refractivity contribution is -0.130. The van der Waals surface area contributed by atoms with Gasteiger partial charge >= 0.3 is 0 Å². The third-order valence-corrected chi connectivity index (χ3v) is 3.69. The fourth-order valence-electron chi connectivity index (χ4n) is 2.22. The third-order valence-electron chi connectivity index (χ3n) is 3.20. The van der Waals surface area contributed by atoms with Crippen molar-refractivity contribution in [3.63, 3.8) is 0 Å². The first-order valence-corrected chi connectivity index (χ1v) is 6.70. The molecule has 92 valence electrons. The first-order chi connectivity index (χ1) is 8.11. The van der Waals surface area contributed by atoms with Crippen molar-refractivity contribution in [2.24, 2.45) is 0 Å². The first kappa shape index (κ1) is 12.4. The van der Waals surface area contributed by atoms with Crippen molar-refractivity contribution in [1.29, 1.82) is 0 Å². The van der Waals surface area contributed by atoms with Gasteiger partial charge in [-0.2, -0.15) is 0 Å². The highest BCUT2D eigenvalue weighted by Gasteiger charge is 2.23. The molecule has 17 heavy (non-hydrogen) atoms. The summed E-state index contributed by atoms with van der Waals surface area (Å²) < 4.78 is 1.08. The normalized spacial score (nSPS) is 16.5. The maximum atomic E-state index is 11.9. The molecule has 1 heterocycles. The molecule has 1 aromatic carbocycles. The molecule has 0 atom stereocenters. The molecule has 1 fully saturated rings. The second kappa shape index (κ2) is 5.08. The van der Waals surface area contributed by atoms with Crippen molar-refractivity contribution in [1.82, 2.24) is 4.90 Å². The minimum atomic E-state index is 0.223. The van der Waals surface area contributed by atoms with Gasteiger partial charge in [-0.05, 0) is 37.6 Å². The van der Waals surface area contributed by atoms with Gasteiger partial charge in [0.15, 0.2) is 0 Å². The number of carbonyl (C=O) groups excluding carboxylic acids is 1. The maximum absolute atomic E-state index is 11.9. The van der Waals surface area contributed by atoms with Crippen LogP contribution < -0.4 is 4.90 Å². The number of carbonyl (C=O) groups is 1. The molecule has 1 aliphatic heterocycles. The minimum absolute atomic E-state index is 0.223. The Morgan fingerprint density at radius 1 is 1.35 bits per heavy atom. The van der Waals surface area contributed by atoms with Crippen LogP contribution in [-0.4, -0.2) is 37.0 Å². The van der Waals surface area contributed by atoms with Gasteiger partial charge in [-0.15, -0.1) is 0 Å². The summed E-state index contributed by atoms with van der Waals surface area (Å²) in [6.45, 7) is 7.16. The lowest BCUT2D eigenvalue weighted by Gasteiger charge is -2.35. The molecule has 3 nitrogen and oxygen atoms in total. The fraction of sp³-hybridized carbons (Fsp3) is 0.462. The average Bonchev–Trinajstić information content (AvgIpc) is 2.29. The summed E-state index contributed by atoms with van der Waals surface area (Å²) in [5.41, 5.74) is 2.37. The van der Waals surface area contributed by atoms with Gasteiger partial charge in [0.25, 0.3) is 0 Å². The highest BCUT2D eigenvalue weighted by atomic mass is 79.9. The highest BCUT2D eigenvalue weighted by Crippen LogP contribution is 2.24. The van der Waals surface area contributed by atoms with E-state index in [9.17, 15) is 4.79 Å². The van der Waals surface area contributed by atoms with Crippen LogP contribution in [0, 0.1) is 6.92 Å². The van der Waals surface area contributed by atoms with Gasteiger partial charge < -0.3 is 9.80 Å². The van der Waals surface area contributed by atoms with Gasteiger partial charge in [0.2, 0.25) is 5.91 Å². The Balaban J connectivity index is 2.16. The van der Waals surface area contributed by atoms with Crippen LogP contribution >= 0.6 is 15.9 Å². The second-order valence-electron chi connectivity index (χ2n) is 4.33. The van der Waals surface area contributed by atoms with E-state index in [1.165, 1.54) is 5.56 Å². The third kappa shape index (κ3) is 2.63. The molecule has 1 amide bonds. The first-order valence-electron chi connectivity index (χ1n) is 5.90. The van der Waals surface area contributed by atoms with Crippen LogP contribution in [0.4, 0.5) is 5.69 Å². The molecule has 0 saturated carbocycles. The Morgan fingerprint density at radius 2 is 2.12 bits per heavy atom. The van der Waals surface area contributed by atoms with Crippen molar-refractivity contribution in [2.45, 2.75) is 13.8 Å². The van der Waals surface area contributed by atoms with E-state index in [0.717, 1.165) is 29.8 Å². The van der Waals surface area contributed by atoms with Crippen molar-refractivity contribution in [3.05, 3.63) is 28.2 Å². The summed E-state index contributed by atoms with van der Waals surface area (Å²) in [5.74, 6) is 0.223. The van der Waals surface area contributed by atoms with E-state index < -0.39 is 0 Å². The number of likely N-dealkylation sites (N-methyl/N-ethyl adjacent to an activating group) is 1. The summed E-state index contributed by atoms with van der Waals surface area (Å²) in [7, 11) is 0. The van der Waals surface area contributed by atoms with Crippen LogP contribution in [0.3, 0.4) is 0 Å². The number of piperazine rings is 1. The molecule has 1 aromatic rings. The van der Waals surface area contributed by atoms with E-state index in [-0.39, 0.29) is 5.91 Å². The molecular formula is C13H17BrN2O. The average molecular weight is 297 g/mol. The standard InChI is InChI=1S/C13H17BrN2O/c1-3-15-6-7-16(9-13(15)17)12-5-4-11(14)8-10(12)2/h4-5,8H,3,6-7,9H2,1-2H3. The Labute approximate surface area is 111 Å². The van der Waals surface area contributed by atoms with Crippen LogP contribution in [0.5, 0.6) is 0 Å². The van der Waals surface area contributed by atoms with Crippen LogP contribution in [0.15, 0.2) is 22.7 Å². The van der Waals surface area contributed by atoms with Crippen molar-refractivity contribution in [3.8, 4) is 0 Å². The predicted molar refractivity (Wildman–Crippen MR) is 73.3 cm³/mol. The predicted octanol–water partition coefficient (Wildman–Crippen LogP) is 2.43. The number of aryl methyl sites for hydroxylation is 1. The molecule has 2 rings (SSSR count). The monoisotopic (exact) mass is 296 g/mol. The lowest BCUT2D eigenvalue weighted by atomic mass is 10.1. The van der Waals surface area contributed by atoms with E-state index >= 15 is 0 Å². The maximum Gasteiger partial charge on any atom is 0.242 e. The van der Waals surface area contributed by atoms with E-state index in [1.54, 1.807) is 0 Å². The summed E-state index contributed by atoms with van der Waals surface area (Å²) >= 11 is 3.46. The molecule has 0 unspecified atom stereocenters. The molecule has 0 N–H and O–H groups in total. The van der Waals surface area contributed by atoms with E-state index in [4.69, 9.17) is 0 Å². The molecule has 0 bridgehead atoms.